The number of aliphatic hydroxyl groups is 1. The van der Waals surface area contributed by atoms with Crippen LogP contribution in [0.2, 0.25) is 0 Å². The van der Waals surface area contributed by atoms with E-state index < -0.39 is 29.4 Å². The fourth-order valence-electron chi connectivity index (χ4n) is 7.53. The first-order valence-electron chi connectivity index (χ1n) is 20.9. The maximum absolute atomic E-state index is 13.7. The third-order valence-electron chi connectivity index (χ3n) is 10.7. The lowest BCUT2D eigenvalue weighted by atomic mass is 9.86. The number of benzene rings is 1. The maximum Gasteiger partial charge on any atom is 0.415 e. The number of aryl methyl sites for hydroxylation is 1. The molecular formula is C43H57N5O13. The first kappa shape index (κ1) is 45.4. The quantitative estimate of drug-likeness (QED) is 0.109. The smallest absolute Gasteiger partial charge is 0.415 e. The zero-order valence-electron chi connectivity index (χ0n) is 35.7. The Hall–Kier alpha value is -5.14. The number of hydrogen-bond donors (Lipinski definition) is 2. The molecule has 1 fully saturated rings. The summed E-state index contributed by atoms with van der Waals surface area (Å²) in [5, 5.41) is 14.6. The number of ether oxygens (including phenoxy) is 7. The van der Waals surface area contributed by atoms with Crippen LogP contribution in [0.3, 0.4) is 0 Å². The van der Waals surface area contributed by atoms with E-state index in [4.69, 9.17) is 38.1 Å². The van der Waals surface area contributed by atoms with Gasteiger partial charge in [0.05, 0.1) is 88.3 Å². The summed E-state index contributed by atoms with van der Waals surface area (Å²) in [5.74, 6) is -0.479. The van der Waals surface area contributed by atoms with Crippen molar-refractivity contribution in [2.45, 2.75) is 78.2 Å². The molecule has 0 spiro atoms. The number of esters is 1. The monoisotopic (exact) mass is 851 g/mol. The van der Waals surface area contributed by atoms with Gasteiger partial charge in [-0.3, -0.25) is 9.59 Å². The standard InChI is InChI=1S/C43H57N5O13/c1-6-29-30-24-28(8-9-34(30)45-37-31(29)26-48-35(37)25-33-32(38(48)50)27-59-39(51)43(33,54)7-2)60-41(53)47-14-12-46(13-15-47)36(49)10-16-55-18-20-57-22-23-58-21-19-56-17-11-44-40(52)61-42(3,4)5/h8-9,24-25,54H,6-7,10-23,26-27H2,1-5H3,(H,44,52)/t43-/m0/s1. The normalized spacial score (nSPS) is 17.1. The van der Waals surface area contributed by atoms with Crippen LogP contribution in [0.5, 0.6) is 5.75 Å². The summed E-state index contributed by atoms with van der Waals surface area (Å²) in [6.45, 7) is 13.8. The lowest BCUT2D eigenvalue weighted by molar-refractivity contribution is -0.172. The fourth-order valence-corrected chi connectivity index (χ4v) is 7.53. The molecule has 6 rings (SSSR count). The van der Waals surface area contributed by atoms with Crippen molar-refractivity contribution in [2.75, 3.05) is 85.6 Å². The van der Waals surface area contributed by atoms with Crippen molar-refractivity contribution in [1.29, 1.82) is 0 Å². The van der Waals surface area contributed by atoms with Crippen molar-refractivity contribution in [1.82, 2.24) is 24.7 Å². The second kappa shape index (κ2) is 20.2. The summed E-state index contributed by atoms with van der Waals surface area (Å²) in [5.41, 5.74) is 1.34. The molecule has 0 aliphatic carbocycles. The average molecular weight is 852 g/mol. The Bertz CT molecular complexity index is 2140. The number of carbonyl (C=O) groups is 4. The van der Waals surface area contributed by atoms with Crippen LogP contribution in [0.4, 0.5) is 9.59 Å². The van der Waals surface area contributed by atoms with Crippen LogP contribution in [0.1, 0.15) is 69.7 Å². The van der Waals surface area contributed by atoms with E-state index in [2.05, 4.69) is 5.32 Å². The molecule has 1 atom stereocenters. The van der Waals surface area contributed by atoms with Gasteiger partial charge in [0.25, 0.3) is 5.56 Å². The summed E-state index contributed by atoms with van der Waals surface area (Å²) in [7, 11) is 0. The molecule has 2 N–H and O–H groups in total. The van der Waals surface area contributed by atoms with Crippen molar-refractivity contribution in [3.8, 4) is 17.1 Å². The Labute approximate surface area is 354 Å². The zero-order valence-corrected chi connectivity index (χ0v) is 35.7. The van der Waals surface area contributed by atoms with Gasteiger partial charge in [-0.2, -0.15) is 0 Å². The fraction of sp³-hybridized carbons (Fsp3) is 0.581. The average Bonchev–Trinajstić information content (AvgIpc) is 3.60. The molecule has 2 aromatic heterocycles. The highest BCUT2D eigenvalue weighted by Gasteiger charge is 2.45. The van der Waals surface area contributed by atoms with E-state index in [1.54, 1.807) is 66.3 Å². The highest BCUT2D eigenvalue weighted by Crippen LogP contribution is 2.40. The number of pyridine rings is 2. The Morgan fingerprint density at radius 3 is 2.15 bits per heavy atom. The summed E-state index contributed by atoms with van der Waals surface area (Å²) >= 11 is 0. The molecular weight excluding hydrogens is 794 g/mol. The van der Waals surface area contributed by atoms with E-state index in [-0.39, 0.29) is 55.2 Å². The molecule has 0 bridgehead atoms. The van der Waals surface area contributed by atoms with Crippen molar-refractivity contribution < 1.29 is 57.4 Å². The van der Waals surface area contributed by atoms with Gasteiger partial charge in [0.15, 0.2) is 5.60 Å². The molecule has 18 heteroatoms. The number of rotatable bonds is 18. The van der Waals surface area contributed by atoms with Gasteiger partial charge in [-0.25, -0.2) is 19.4 Å². The second-order valence-corrected chi connectivity index (χ2v) is 15.9. The summed E-state index contributed by atoms with van der Waals surface area (Å²) in [6, 6.07) is 6.92. The number of carbonyl (C=O) groups excluding carboxylic acids is 4. The number of aromatic nitrogens is 2. The largest absolute Gasteiger partial charge is 0.458 e. The van der Waals surface area contributed by atoms with Gasteiger partial charge in [-0.1, -0.05) is 13.8 Å². The first-order chi connectivity index (χ1) is 29.2. The number of hydrogen-bond acceptors (Lipinski definition) is 14. The Morgan fingerprint density at radius 2 is 1.51 bits per heavy atom. The number of piperazine rings is 1. The van der Waals surface area contributed by atoms with E-state index in [9.17, 15) is 29.1 Å². The van der Waals surface area contributed by atoms with Gasteiger partial charge in [0.2, 0.25) is 5.91 Å². The van der Waals surface area contributed by atoms with Gasteiger partial charge in [-0.05, 0) is 63.4 Å². The van der Waals surface area contributed by atoms with Crippen LogP contribution in [-0.2, 0) is 63.2 Å². The molecule has 0 radical (unpaired) electrons. The van der Waals surface area contributed by atoms with Crippen LogP contribution in [0.25, 0.3) is 22.3 Å². The van der Waals surface area contributed by atoms with E-state index in [1.807, 2.05) is 6.92 Å². The SMILES string of the molecule is CCc1c2c(nc3ccc(OC(=O)N4CCN(C(=O)CCOCCOCCOCCOCCNC(=O)OC(C)(C)C)CC4)cc13)-c1cc3c(c(=O)n1C2)COC(=O)[C@]3(O)CC. The zero-order chi connectivity index (χ0) is 43.7. The lowest BCUT2D eigenvalue weighted by Crippen LogP contribution is -2.51. The topological polar surface area (TPSA) is 207 Å². The molecule has 332 valence electrons. The number of cyclic esters (lactones) is 1. The predicted molar refractivity (Wildman–Crippen MR) is 220 cm³/mol. The third kappa shape index (κ3) is 10.9. The van der Waals surface area contributed by atoms with Gasteiger partial charge >= 0.3 is 18.2 Å². The van der Waals surface area contributed by atoms with Crippen molar-refractivity contribution >= 4 is 35.0 Å². The van der Waals surface area contributed by atoms with Crippen LogP contribution in [0, 0.1) is 0 Å². The molecule has 1 aromatic carbocycles. The molecule has 3 aliphatic rings. The van der Waals surface area contributed by atoms with Crippen LogP contribution < -0.4 is 15.6 Å². The minimum absolute atomic E-state index is 0.0562. The van der Waals surface area contributed by atoms with Crippen LogP contribution >= 0.6 is 0 Å². The van der Waals surface area contributed by atoms with Gasteiger partial charge < -0.3 is 57.9 Å². The molecule has 18 nitrogen and oxygen atoms in total. The Morgan fingerprint density at radius 1 is 0.869 bits per heavy atom. The first-order valence-corrected chi connectivity index (χ1v) is 20.9. The molecule has 3 aromatic rings. The van der Waals surface area contributed by atoms with Crippen LogP contribution in [0.15, 0.2) is 29.1 Å². The summed E-state index contributed by atoms with van der Waals surface area (Å²) in [4.78, 5) is 72.1. The molecule has 5 heterocycles. The molecule has 3 aliphatic heterocycles. The van der Waals surface area contributed by atoms with Crippen LogP contribution in [-0.4, -0.2) is 140 Å². The maximum atomic E-state index is 13.7. The Balaban J connectivity index is 0.884. The van der Waals surface area contributed by atoms with Gasteiger partial charge in [0.1, 0.15) is 18.0 Å². The Kier molecular flexibility index (Phi) is 15.0. The molecule has 61 heavy (non-hydrogen) atoms. The molecule has 3 amide bonds. The minimum Gasteiger partial charge on any atom is -0.458 e. The number of alkyl carbamates (subject to hydrolysis) is 1. The third-order valence-corrected chi connectivity index (χ3v) is 10.7. The predicted octanol–water partition coefficient (Wildman–Crippen LogP) is 3.27. The van der Waals surface area contributed by atoms with Crippen molar-refractivity contribution in [2.24, 2.45) is 0 Å². The van der Waals surface area contributed by atoms with E-state index in [0.717, 1.165) is 16.5 Å². The second-order valence-electron chi connectivity index (χ2n) is 15.9. The number of nitrogens with one attached hydrogen (secondary N) is 1. The highest BCUT2D eigenvalue weighted by molar-refractivity contribution is 5.90. The van der Waals surface area contributed by atoms with Gasteiger partial charge in [0, 0.05) is 49.2 Å². The van der Waals surface area contributed by atoms with Crippen molar-refractivity contribution in [3.63, 3.8) is 0 Å². The van der Waals surface area contributed by atoms with Crippen molar-refractivity contribution in [3.05, 3.63) is 56.9 Å². The highest BCUT2D eigenvalue weighted by atomic mass is 16.6. The summed E-state index contributed by atoms with van der Waals surface area (Å²) < 4.78 is 39.7. The lowest BCUT2D eigenvalue weighted by Gasteiger charge is -2.34. The molecule has 0 saturated carbocycles. The van der Waals surface area contributed by atoms with E-state index in [0.29, 0.717) is 108 Å². The number of fused-ring (bicyclic) bond motifs is 5. The summed E-state index contributed by atoms with van der Waals surface area (Å²) in [6.07, 6.45) is -0.111. The van der Waals surface area contributed by atoms with Gasteiger partial charge in [-0.15, -0.1) is 0 Å². The number of nitrogens with zero attached hydrogens (tertiary/aromatic N) is 4. The van der Waals surface area contributed by atoms with E-state index in [1.165, 1.54) is 0 Å². The molecule has 1 saturated heterocycles. The number of amides is 3. The minimum atomic E-state index is -1.91. The van der Waals surface area contributed by atoms with E-state index >= 15 is 0 Å². The molecule has 0 unspecified atom stereocenters.